The Hall–Kier alpha value is -1.92. The van der Waals surface area contributed by atoms with Crippen LogP contribution in [0.2, 0.25) is 5.15 Å². The fraction of sp³-hybridized carbons (Fsp3) is 0.154. The highest BCUT2D eigenvalue weighted by molar-refractivity contribution is 7.10. The van der Waals surface area contributed by atoms with E-state index < -0.39 is 0 Å². The van der Waals surface area contributed by atoms with Gasteiger partial charge in [-0.15, -0.1) is 11.3 Å². The van der Waals surface area contributed by atoms with Crippen LogP contribution in [0.3, 0.4) is 0 Å². The molecule has 0 fully saturated rings. The summed E-state index contributed by atoms with van der Waals surface area (Å²) in [5, 5.41) is 8.87. The van der Waals surface area contributed by atoms with Gasteiger partial charge in [0.05, 0.1) is 6.04 Å². The van der Waals surface area contributed by atoms with Gasteiger partial charge in [-0.05, 0) is 18.6 Å². The number of pyridine rings is 1. The molecule has 0 aromatic carbocycles. The molecule has 3 rings (SSSR count). The molecule has 102 valence electrons. The maximum absolute atomic E-state index is 11.7. The van der Waals surface area contributed by atoms with E-state index in [4.69, 9.17) is 11.6 Å². The lowest BCUT2D eigenvalue weighted by molar-refractivity contribution is 0.240. The predicted molar refractivity (Wildman–Crippen MR) is 78.4 cm³/mol. The fourth-order valence-electron chi connectivity index (χ4n) is 2.14. The lowest BCUT2D eigenvalue weighted by Crippen LogP contribution is -2.42. The maximum Gasteiger partial charge on any atom is 0.319 e. The van der Waals surface area contributed by atoms with Crippen LogP contribution in [-0.4, -0.2) is 16.0 Å². The van der Waals surface area contributed by atoms with E-state index in [1.807, 2.05) is 18.4 Å². The molecule has 2 aromatic heterocycles. The lowest BCUT2D eigenvalue weighted by Gasteiger charge is -2.28. The molecule has 1 atom stereocenters. The minimum absolute atomic E-state index is 0.234. The summed E-state index contributed by atoms with van der Waals surface area (Å²) in [7, 11) is 0. The first-order valence-corrected chi connectivity index (χ1v) is 7.20. The number of hydrogen-bond donors (Lipinski definition) is 2. The first-order valence-electron chi connectivity index (χ1n) is 5.95. The zero-order valence-electron chi connectivity index (χ0n) is 10.6. The molecule has 1 aliphatic rings. The highest BCUT2D eigenvalue weighted by Gasteiger charge is 2.29. The van der Waals surface area contributed by atoms with Crippen molar-refractivity contribution >= 4 is 34.5 Å². The molecule has 5 nitrogen and oxygen atoms in total. The molecule has 3 heterocycles. The van der Waals surface area contributed by atoms with Gasteiger partial charge in [-0.2, -0.15) is 0 Å². The molecular formula is C13H11ClN4OS. The number of carbonyl (C=O) groups excluding carboxylic acids is 1. The van der Waals surface area contributed by atoms with Crippen molar-refractivity contribution in [1.29, 1.82) is 0 Å². The van der Waals surface area contributed by atoms with Crippen molar-refractivity contribution in [1.82, 2.24) is 20.6 Å². The molecule has 20 heavy (non-hydrogen) atoms. The number of urea groups is 1. The van der Waals surface area contributed by atoms with Crippen LogP contribution in [0, 0.1) is 0 Å². The van der Waals surface area contributed by atoms with E-state index in [9.17, 15) is 4.79 Å². The molecule has 0 aliphatic carbocycles. The maximum atomic E-state index is 11.7. The SMILES string of the molecule is CC1=C(c2nccs2)C(c2ccc(Cl)nc2)NC(=O)N1. The van der Waals surface area contributed by atoms with Gasteiger partial charge in [-0.3, -0.25) is 0 Å². The molecule has 2 amide bonds. The molecule has 1 aliphatic heterocycles. The van der Waals surface area contributed by atoms with Crippen LogP contribution in [-0.2, 0) is 0 Å². The molecule has 0 bridgehead atoms. The van der Waals surface area contributed by atoms with E-state index in [-0.39, 0.29) is 12.1 Å². The Bertz CT molecular complexity index is 666. The van der Waals surface area contributed by atoms with E-state index in [0.717, 1.165) is 21.8 Å². The Morgan fingerprint density at radius 1 is 1.35 bits per heavy atom. The summed E-state index contributed by atoms with van der Waals surface area (Å²) < 4.78 is 0. The number of nitrogens with one attached hydrogen (secondary N) is 2. The highest BCUT2D eigenvalue weighted by atomic mass is 35.5. The summed E-state index contributed by atoms with van der Waals surface area (Å²) in [5.74, 6) is 0. The van der Waals surface area contributed by atoms with Gasteiger partial charge in [-0.1, -0.05) is 17.7 Å². The molecular weight excluding hydrogens is 296 g/mol. The average Bonchev–Trinajstić information content (AvgIpc) is 2.92. The summed E-state index contributed by atoms with van der Waals surface area (Å²) in [6.07, 6.45) is 3.41. The third-order valence-electron chi connectivity index (χ3n) is 3.02. The highest BCUT2D eigenvalue weighted by Crippen LogP contribution is 2.34. The number of thiazole rings is 1. The largest absolute Gasteiger partial charge is 0.327 e. The molecule has 2 aromatic rings. The first-order chi connectivity index (χ1) is 9.65. The second kappa shape index (κ2) is 5.22. The summed E-state index contributed by atoms with van der Waals surface area (Å²) in [5.41, 5.74) is 2.61. The Labute approximate surface area is 124 Å². The van der Waals surface area contributed by atoms with Crippen molar-refractivity contribution in [2.24, 2.45) is 0 Å². The van der Waals surface area contributed by atoms with Crippen LogP contribution >= 0.6 is 22.9 Å². The van der Waals surface area contributed by atoms with Gasteiger partial charge in [0.1, 0.15) is 10.2 Å². The van der Waals surface area contributed by atoms with Gasteiger partial charge >= 0.3 is 6.03 Å². The summed E-state index contributed by atoms with van der Waals surface area (Å²) in [6.45, 7) is 1.87. The molecule has 1 unspecified atom stereocenters. The van der Waals surface area contributed by atoms with E-state index in [2.05, 4.69) is 20.6 Å². The van der Waals surface area contributed by atoms with E-state index in [1.165, 1.54) is 11.3 Å². The van der Waals surface area contributed by atoms with Crippen molar-refractivity contribution in [2.75, 3.05) is 0 Å². The number of carbonyl (C=O) groups is 1. The van der Waals surface area contributed by atoms with Crippen molar-refractivity contribution in [2.45, 2.75) is 13.0 Å². The molecule has 0 spiro atoms. The van der Waals surface area contributed by atoms with Gasteiger partial charge in [-0.25, -0.2) is 14.8 Å². The smallest absolute Gasteiger partial charge is 0.319 e. The molecule has 0 saturated heterocycles. The van der Waals surface area contributed by atoms with Crippen molar-refractivity contribution in [3.8, 4) is 0 Å². The molecule has 0 saturated carbocycles. The Morgan fingerprint density at radius 2 is 2.20 bits per heavy atom. The molecule has 7 heteroatoms. The third kappa shape index (κ3) is 2.39. The molecule has 2 N–H and O–H groups in total. The van der Waals surface area contributed by atoms with Crippen LogP contribution in [0.15, 0.2) is 35.6 Å². The summed E-state index contributed by atoms with van der Waals surface area (Å²) in [6, 6.07) is 3.05. The van der Waals surface area contributed by atoms with Gasteiger partial charge in [0, 0.05) is 29.0 Å². The zero-order chi connectivity index (χ0) is 14.1. The number of amides is 2. The minimum Gasteiger partial charge on any atom is -0.327 e. The van der Waals surface area contributed by atoms with E-state index >= 15 is 0 Å². The van der Waals surface area contributed by atoms with Gasteiger partial charge in [0.2, 0.25) is 0 Å². The minimum atomic E-state index is -0.278. The first kappa shape index (κ1) is 13.1. The topological polar surface area (TPSA) is 66.9 Å². The lowest BCUT2D eigenvalue weighted by atomic mass is 9.97. The monoisotopic (exact) mass is 306 g/mol. The summed E-state index contributed by atoms with van der Waals surface area (Å²) in [4.78, 5) is 20.1. The van der Waals surface area contributed by atoms with Crippen molar-refractivity contribution < 1.29 is 4.79 Å². The Balaban J connectivity index is 2.09. The number of nitrogens with zero attached hydrogens (tertiary/aromatic N) is 2. The van der Waals surface area contributed by atoms with Crippen LogP contribution < -0.4 is 10.6 Å². The van der Waals surface area contributed by atoms with Crippen LogP contribution in [0.25, 0.3) is 5.57 Å². The van der Waals surface area contributed by atoms with E-state index in [1.54, 1.807) is 18.5 Å². The van der Waals surface area contributed by atoms with Crippen LogP contribution in [0.5, 0.6) is 0 Å². The van der Waals surface area contributed by atoms with Crippen LogP contribution in [0.4, 0.5) is 4.79 Å². The Morgan fingerprint density at radius 3 is 2.85 bits per heavy atom. The number of aromatic nitrogens is 2. The van der Waals surface area contributed by atoms with Gasteiger partial charge in [0.25, 0.3) is 0 Å². The third-order valence-corrected chi connectivity index (χ3v) is 4.05. The zero-order valence-corrected chi connectivity index (χ0v) is 12.1. The normalized spacial score (nSPS) is 18.7. The predicted octanol–water partition coefficient (Wildman–Crippen LogP) is 2.98. The Kier molecular flexibility index (Phi) is 3.42. The van der Waals surface area contributed by atoms with Crippen LogP contribution in [0.1, 0.15) is 23.5 Å². The number of halogens is 1. The quantitative estimate of drug-likeness (QED) is 0.838. The second-order valence-electron chi connectivity index (χ2n) is 4.32. The summed E-state index contributed by atoms with van der Waals surface area (Å²) >= 11 is 7.34. The number of hydrogen-bond acceptors (Lipinski definition) is 4. The molecule has 0 radical (unpaired) electrons. The van der Waals surface area contributed by atoms with Crippen molar-refractivity contribution in [3.05, 3.63) is 51.3 Å². The second-order valence-corrected chi connectivity index (χ2v) is 5.60. The fourth-order valence-corrected chi connectivity index (χ4v) is 3.02. The average molecular weight is 307 g/mol. The number of rotatable bonds is 2. The van der Waals surface area contributed by atoms with Gasteiger partial charge in [0.15, 0.2) is 0 Å². The van der Waals surface area contributed by atoms with Crippen molar-refractivity contribution in [3.63, 3.8) is 0 Å². The van der Waals surface area contributed by atoms with Gasteiger partial charge < -0.3 is 10.6 Å². The standard InChI is InChI=1S/C13H11ClN4OS/c1-7-10(12-15-4-5-20-12)11(18-13(19)17-7)8-2-3-9(14)16-6-8/h2-6,11H,1H3,(H2,17,18,19). The van der Waals surface area contributed by atoms with E-state index in [0.29, 0.717) is 5.15 Å². The number of allylic oxidation sites excluding steroid dienone is 1.